The van der Waals surface area contributed by atoms with Gasteiger partial charge in [-0.05, 0) is 105 Å². The van der Waals surface area contributed by atoms with E-state index in [-0.39, 0.29) is 5.69 Å². The van der Waals surface area contributed by atoms with Crippen LogP contribution in [0.5, 0.6) is 0 Å². The van der Waals surface area contributed by atoms with E-state index in [1.54, 1.807) is 0 Å². The third-order valence-corrected chi connectivity index (χ3v) is 8.92. The highest BCUT2D eigenvalue weighted by atomic mass is 19.1. The van der Waals surface area contributed by atoms with Crippen molar-refractivity contribution in [3.05, 3.63) is 70.8 Å². The van der Waals surface area contributed by atoms with Crippen LogP contribution in [0.15, 0.2) is 42.5 Å². The summed E-state index contributed by atoms with van der Waals surface area (Å²) < 4.78 is 13.9. The van der Waals surface area contributed by atoms with E-state index in [0.717, 1.165) is 59.5 Å². The summed E-state index contributed by atoms with van der Waals surface area (Å²) in [4.78, 5) is 32.9. The van der Waals surface area contributed by atoms with Crippen LogP contribution in [0.1, 0.15) is 77.0 Å². The number of aryl methyl sites for hydroxylation is 2. The Kier molecular flexibility index (Phi) is 5.89. The number of carboxylic acids is 1. The van der Waals surface area contributed by atoms with Gasteiger partial charge in [-0.25, -0.2) is 14.2 Å². The quantitative estimate of drug-likeness (QED) is 0.339. The average molecular weight is 502 g/mol. The van der Waals surface area contributed by atoms with Crippen molar-refractivity contribution in [2.75, 3.05) is 5.32 Å². The SMILES string of the molecule is Cc1ccccc1-c1nc(C(=O)Nc2ccc(F)c(C(=O)O)c2)c(CCC23CC4CC(CC(C4)C2)C3)[nH]1. The van der Waals surface area contributed by atoms with E-state index in [1.807, 2.05) is 31.2 Å². The lowest BCUT2D eigenvalue weighted by Crippen LogP contribution is -2.46. The summed E-state index contributed by atoms with van der Waals surface area (Å²) >= 11 is 0. The third kappa shape index (κ3) is 4.56. The summed E-state index contributed by atoms with van der Waals surface area (Å²) in [6.45, 7) is 2.01. The molecule has 4 saturated carbocycles. The summed E-state index contributed by atoms with van der Waals surface area (Å²) in [6, 6.07) is 11.5. The molecule has 4 fully saturated rings. The molecule has 7 rings (SSSR count). The molecule has 0 aliphatic heterocycles. The topological polar surface area (TPSA) is 95.1 Å². The number of carboxylic acid groups (broad SMARTS) is 1. The van der Waals surface area contributed by atoms with Crippen molar-refractivity contribution < 1.29 is 19.1 Å². The van der Waals surface area contributed by atoms with Gasteiger partial charge in [0.15, 0.2) is 0 Å². The first-order valence-corrected chi connectivity index (χ1v) is 13.3. The monoisotopic (exact) mass is 501 g/mol. The smallest absolute Gasteiger partial charge is 0.338 e. The van der Waals surface area contributed by atoms with E-state index in [2.05, 4.69) is 10.3 Å². The predicted octanol–water partition coefficient (Wildman–Crippen LogP) is 6.62. The maximum atomic E-state index is 13.9. The number of imidazole rings is 1. The summed E-state index contributed by atoms with van der Waals surface area (Å²) in [5.74, 6) is 0.573. The standard InChI is InChI=1S/C30H32FN3O3/c1-17-4-2-3-5-22(17)27-33-25(8-9-30-14-18-10-19(15-30)12-20(11-18)16-30)26(34-27)28(35)32-21-6-7-24(31)23(13-21)29(36)37/h2-7,13,18-20H,8-12,14-16H2,1H3,(H,32,35)(H,33,34)(H,36,37). The highest BCUT2D eigenvalue weighted by Gasteiger charge is 2.50. The van der Waals surface area contributed by atoms with Gasteiger partial charge >= 0.3 is 5.97 Å². The number of aromatic carboxylic acids is 1. The lowest BCUT2D eigenvalue weighted by molar-refractivity contribution is -0.0570. The molecule has 3 N–H and O–H groups in total. The number of H-pyrrole nitrogens is 1. The zero-order valence-electron chi connectivity index (χ0n) is 21.0. The molecule has 37 heavy (non-hydrogen) atoms. The van der Waals surface area contributed by atoms with Gasteiger partial charge in [-0.1, -0.05) is 24.3 Å². The molecule has 4 aliphatic carbocycles. The number of aromatic amines is 1. The number of nitrogens with one attached hydrogen (secondary N) is 2. The Bertz CT molecular complexity index is 1340. The fourth-order valence-electron chi connectivity index (χ4n) is 7.69. The summed E-state index contributed by atoms with van der Waals surface area (Å²) in [5, 5.41) is 12.0. The molecule has 1 amide bonds. The number of anilines is 1. The van der Waals surface area contributed by atoms with Gasteiger partial charge in [0.05, 0.1) is 5.56 Å². The van der Waals surface area contributed by atoms with Crippen LogP contribution in [-0.2, 0) is 6.42 Å². The molecule has 1 heterocycles. The summed E-state index contributed by atoms with van der Waals surface area (Å²) in [5.41, 5.74) is 3.20. The van der Waals surface area contributed by atoms with Crippen LogP contribution in [-0.4, -0.2) is 27.0 Å². The fourth-order valence-corrected chi connectivity index (χ4v) is 7.69. The lowest BCUT2D eigenvalue weighted by Gasteiger charge is -2.57. The van der Waals surface area contributed by atoms with E-state index in [9.17, 15) is 19.1 Å². The van der Waals surface area contributed by atoms with Crippen LogP contribution < -0.4 is 5.32 Å². The molecule has 1 aromatic heterocycles. The zero-order valence-corrected chi connectivity index (χ0v) is 21.0. The van der Waals surface area contributed by atoms with E-state index in [4.69, 9.17) is 4.98 Å². The van der Waals surface area contributed by atoms with Crippen molar-refractivity contribution in [2.24, 2.45) is 23.2 Å². The van der Waals surface area contributed by atoms with Crippen LogP contribution in [0.3, 0.4) is 0 Å². The zero-order chi connectivity index (χ0) is 25.7. The molecule has 7 heteroatoms. The Morgan fingerprint density at radius 2 is 1.76 bits per heavy atom. The van der Waals surface area contributed by atoms with Crippen LogP contribution >= 0.6 is 0 Å². The Morgan fingerprint density at radius 1 is 1.08 bits per heavy atom. The minimum atomic E-state index is -1.38. The predicted molar refractivity (Wildman–Crippen MR) is 139 cm³/mol. The molecule has 4 aliphatic rings. The lowest BCUT2D eigenvalue weighted by atomic mass is 9.48. The Morgan fingerprint density at radius 3 is 2.41 bits per heavy atom. The average Bonchev–Trinajstić information content (AvgIpc) is 3.28. The van der Waals surface area contributed by atoms with Gasteiger partial charge < -0.3 is 15.4 Å². The summed E-state index contributed by atoms with van der Waals surface area (Å²) in [6.07, 6.45) is 9.84. The van der Waals surface area contributed by atoms with Gasteiger partial charge in [0.25, 0.3) is 5.91 Å². The van der Waals surface area contributed by atoms with Crippen molar-refractivity contribution in [2.45, 2.75) is 58.3 Å². The van der Waals surface area contributed by atoms with Crippen molar-refractivity contribution >= 4 is 17.6 Å². The van der Waals surface area contributed by atoms with E-state index < -0.39 is 23.3 Å². The number of nitrogens with zero attached hydrogens (tertiary/aromatic N) is 1. The van der Waals surface area contributed by atoms with Gasteiger partial charge in [-0.3, -0.25) is 4.79 Å². The molecular formula is C30H32FN3O3. The maximum Gasteiger partial charge on any atom is 0.338 e. The number of amides is 1. The molecule has 3 aromatic rings. The number of rotatable bonds is 7. The fraction of sp³-hybridized carbons (Fsp3) is 0.433. The van der Waals surface area contributed by atoms with E-state index in [1.165, 1.54) is 44.6 Å². The van der Waals surface area contributed by atoms with E-state index >= 15 is 0 Å². The first-order valence-electron chi connectivity index (χ1n) is 13.3. The largest absolute Gasteiger partial charge is 0.478 e. The molecule has 6 nitrogen and oxygen atoms in total. The molecule has 0 atom stereocenters. The Balaban J connectivity index is 1.29. The van der Waals surface area contributed by atoms with E-state index in [0.29, 0.717) is 16.9 Å². The molecule has 0 radical (unpaired) electrons. The van der Waals surface area contributed by atoms with Crippen molar-refractivity contribution in [3.63, 3.8) is 0 Å². The van der Waals surface area contributed by atoms with Gasteiger partial charge in [-0.2, -0.15) is 0 Å². The van der Waals surface area contributed by atoms with Crippen LogP contribution in [0.2, 0.25) is 0 Å². The molecule has 0 saturated heterocycles. The number of carbonyl (C=O) groups is 2. The highest BCUT2D eigenvalue weighted by molar-refractivity contribution is 6.04. The number of carbonyl (C=O) groups excluding carboxylic acids is 1. The minimum Gasteiger partial charge on any atom is -0.478 e. The maximum absolute atomic E-state index is 13.9. The first kappa shape index (κ1) is 23.9. The Hall–Kier alpha value is -3.48. The van der Waals surface area contributed by atoms with Crippen molar-refractivity contribution in [1.29, 1.82) is 0 Å². The molecule has 4 bridgehead atoms. The van der Waals surface area contributed by atoms with Gasteiger partial charge in [0, 0.05) is 16.9 Å². The number of aromatic nitrogens is 2. The normalized spacial score (nSPS) is 25.8. The first-order chi connectivity index (χ1) is 17.8. The Labute approximate surface area is 215 Å². The highest BCUT2D eigenvalue weighted by Crippen LogP contribution is 2.61. The second-order valence-corrected chi connectivity index (χ2v) is 11.6. The van der Waals surface area contributed by atoms with Crippen LogP contribution in [0.25, 0.3) is 11.4 Å². The number of hydrogen-bond acceptors (Lipinski definition) is 3. The second-order valence-electron chi connectivity index (χ2n) is 11.6. The number of hydrogen-bond donors (Lipinski definition) is 3. The van der Waals surface area contributed by atoms with Gasteiger partial charge in [0.2, 0.25) is 0 Å². The molecule has 0 unspecified atom stereocenters. The van der Waals surface area contributed by atoms with Crippen LogP contribution in [0, 0.1) is 35.9 Å². The van der Waals surface area contributed by atoms with Crippen molar-refractivity contribution in [3.8, 4) is 11.4 Å². The van der Waals surface area contributed by atoms with Crippen LogP contribution in [0.4, 0.5) is 10.1 Å². The number of benzene rings is 2. The van der Waals surface area contributed by atoms with Crippen molar-refractivity contribution in [1.82, 2.24) is 9.97 Å². The minimum absolute atomic E-state index is 0.219. The van der Waals surface area contributed by atoms with Gasteiger partial charge in [0.1, 0.15) is 17.3 Å². The molecule has 0 spiro atoms. The van der Waals surface area contributed by atoms with Gasteiger partial charge in [-0.15, -0.1) is 0 Å². The molecule has 2 aromatic carbocycles. The second kappa shape index (κ2) is 9.12. The summed E-state index contributed by atoms with van der Waals surface area (Å²) in [7, 11) is 0. The third-order valence-electron chi connectivity index (χ3n) is 8.92. The number of halogens is 1. The molecule has 192 valence electrons. The molecular weight excluding hydrogens is 469 g/mol.